The first-order valence-corrected chi connectivity index (χ1v) is 12.4. The highest BCUT2D eigenvalue weighted by Crippen LogP contribution is 2.54. The Morgan fingerprint density at radius 2 is 1.78 bits per heavy atom. The summed E-state index contributed by atoms with van der Waals surface area (Å²) in [5.41, 5.74) is 3.40. The third kappa shape index (κ3) is 3.23. The van der Waals surface area contributed by atoms with E-state index in [4.69, 9.17) is 26.1 Å². The third-order valence-corrected chi connectivity index (χ3v) is 7.76. The normalized spacial score (nSPS) is 19.2. The number of likely N-dealkylation sites (N-methyl/N-ethyl adjacent to an activating group) is 1. The van der Waals surface area contributed by atoms with Crippen molar-refractivity contribution in [2.24, 2.45) is 4.99 Å². The van der Waals surface area contributed by atoms with Gasteiger partial charge in [0.25, 0.3) is 0 Å². The lowest BCUT2D eigenvalue weighted by Gasteiger charge is -2.45. The zero-order chi connectivity index (χ0) is 25.1. The highest BCUT2D eigenvalue weighted by Gasteiger charge is 2.58. The van der Waals surface area contributed by atoms with Gasteiger partial charge in [-0.05, 0) is 66.8 Å². The van der Waals surface area contributed by atoms with Gasteiger partial charge in [-0.15, -0.1) is 11.6 Å². The number of carbonyl (C=O) groups is 1. The molecule has 6 rings (SSSR count). The summed E-state index contributed by atoms with van der Waals surface area (Å²) < 4.78 is 12.5. The van der Waals surface area contributed by atoms with Gasteiger partial charge in [-0.3, -0.25) is 4.99 Å². The van der Waals surface area contributed by atoms with E-state index in [1.54, 1.807) is 18.2 Å². The Bertz CT molecular complexity index is 1540. The Morgan fingerprint density at radius 1 is 1.03 bits per heavy atom. The molecule has 0 amide bonds. The Morgan fingerprint density at radius 3 is 2.53 bits per heavy atom. The second-order valence-corrected chi connectivity index (χ2v) is 10.0. The van der Waals surface area contributed by atoms with Gasteiger partial charge in [-0.2, -0.15) is 0 Å². The molecule has 36 heavy (non-hydrogen) atoms. The molecule has 0 radical (unpaired) electrons. The highest BCUT2D eigenvalue weighted by atomic mass is 35.5. The number of hydrogen-bond acceptors (Lipinski definition) is 5. The minimum absolute atomic E-state index is 0.328. The molecule has 0 saturated carbocycles. The number of para-hydroxylation sites is 1. The number of hydrogen-bond donors (Lipinski definition) is 0. The van der Waals surface area contributed by atoms with Gasteiger partial charge in [-0.1, -0.05) is 42.5 Å². The molecule has 0 aromatic heterocycles. The summed E-state index contributed by atoms with van der Waals surface area (Å²) in [6.45, 7) is 4.37. The largest absolute Gasteiger partial charge is 0.459 e. The van der Waals surface area contributed by atoms with E-state index in [0.29, 0.717) is 22.9 Å². The zero-order valence-corrected chi connectivity index (χ0v) is 21.0. The van der Waals surface area contributed by atoms with Crippen LogP contribution < -0.4 is 14.4 Å². The number of esters is 1. The van der Waals surface area contributed by atoms with Crippen LogP contribution in [0, 0.1) is 0 Å². The van der Waals surface area contributed by atoms with Gasteiger partial charge in [-0.25, -0.2) is 4.79 Å². The van der Waals surface area contributed by atoms with Gasteiger partial charge < -0.3 is 14.4 Å². The number of halogens is 1. The van der Waals surface area contributed by atoms with Gasteiger partial charge in [0.05, 0.1) is 17.2 Å². The number of nitrogens with zero attached hydrogens (tertiary/aromatic N) is 2. The Balaban J connectivity index is 1.36. The molecule has 0 aliphatic carbocycles. The van der Waals surface area contributed by atoms with Crippen LogP contribution in [0.4, 0.5) is 11.4 Å². The van der Waals surface area contributed by atoms with Crippen molar-refractivity contribution < 1.29 is 14.3 Å². The number of ether oxygens (including phenoxy) is 2. The van der Waals surface area contributed by atoms with E-state index in [0.717, 1.165) is 27.7 Å². The molecule has 2 aliphatic heterocycles. The first-order chi connectivity index (χ1) is 17.3. The summed E-state index contributed by atoms with van der Waals surface area (Å²) >= 11 is 5.85. The van der Waals surface area contributed by atoms with Crippen LogP contribution in [-0.4, -0.2) is 25.0 Å². The van der Waals surface area contributed by atoms with Crippen molar-refractivity contribution in [2.45, 2.75) is 30.9 Å². The third-order valence-electron chi connectivity index (χ3n) is 7.45. The Hall–Kier alpha value is -3.83. The molecule has 2 heterocycles. The molecule has 4 aromatic carbocycles. The molecular formula is C30H25ClN2O3. The van der Waals surface area contributed by atoms with Crippen molar-refractivity contribution in [1.82, 2.24) is 0 Å². The van der Waals surface area contributed by atoms with Crippen molar-refractivity contribution in [1.29, 1.82) is 0 Å². The smallest absolute Gasteiger partial charge is 0.343 e. The molecule has 6 heteroatoms. The molecule has 180 valence electrons. The van der Waals surface area contributed by atoms with E-state index >= 15 is 0 Å². The van der Waals surface area contributed by atoms with Gasteiger partial charge in [0, 0.05) is 24.0 Å². The molecule has 4 aromatic rings. The molecule has 0 N–H and O–H groups in total. The van der Waals surface area contributed by atoms with Crippen molar-refractivity contribution in [3.05, 3.63) is 95.6 Å². The summed E-state index contributed by atoms with van der Waals surface area (Å²) in [6.07, 6.45) is 1.91. The van der Waals surface area contributed by atoms with Crippen molar-refractivity contribution in [3.8, 4) is 11.5 Å². The summed E-state index contributed by atoms with van der Waals surface area (Å²) in [5.74, 6) is 1.11. The highest BCUT2D eigenvalue weighted by molar-refractivity contribution is 6.17. The van der Waals surface area contributed by atoms with E-state index in [1.165, 1.54) is 5.56 Å². The predicted octanol–water partition coefficient (Wildman–Crippen LogP) is 7.02. The quantitative estimate of drug-likeness (QED) is 0.174. The number of benzene rings is 4. The zero-order valence-electron chi connectivity index (χ0n) is 20.3. The molecule has 0 saturated heterocycles. The molecule has 5 nitrogen and oxygen atoms in total. The van der Waals surface area contributed by atoms with E-state index in [2.05, 4.69) is 36.9 Å². The van der Waals surface area contributed by atoms with Crippen LogP contribution in [0.25, 0.3) is 10.8 Å². The number of fused-ring (bicyclic) bond motifs is 4. The summed E-state index contributed by atoms with van der Waals surface area (Å²) in [4.78, 5) is 19.8. The van der Waals surface area contributed by atoms with Crippen LogP contribution in [0.1, 0.15) is 35.3 Å². The van der Waals surface area contributed by atoms with E-state index in [1.807, 2.05) is 55.7 Å². The van der Waals surface area contributed by atoms with Gasteiger partial charge in [0.15, 0.2) is 0 Å². The maximum Gasteiger partial charge on any atom is 0.343 e. The van der Waals surface area contributed by atoms with Gasteiger partial charge in [0.1, 0.15) is 17.2 Å². The molecule has 1 spiro atoms. The minimum Gasteiger partial charge on any atom is -0.459 e. The van der Waals surface area contributed by atoms with Crippen LogP contribution in [0.2, 0.25) is 0 Å². The monoisotopic (exact) mass is 496 g/mol. The first-order valence-electron chi connectivity index (χ1n) is 11.9. The summed E-state index contributed by atoms with van der Waals surface area (Å²) in [6, 6.07) is 25.0. The van der Waals surface area contributed by atoms with Crippen molar-refractivity contribution in [3.63, 3.8) is 0 Å². The van der Waals surface area contributed by atoms with Crippen LogP contribution >= 0.6 is 11.6 Å². The maximum absolute atomic E-state index is 12.7. The van der Waals surface area contributed by atoms with E-state index in [9.17, 15) is 4.79 Å². The Kier molecular flexibility index (Phi) is 5.09. The SMILES string of the molecule is CN1c2ccccc2C(C)(C)C12C=Nc1c(ccc3ccc(OC(=O)c4ccc(CCl)cc4)cc13)O2. The Labute approximate surface area is 214 Å². The molecule has 0 bridgehead atoms. The molecule has 2 aliphatic rings. The first kappa shape index (κ1) is 22.6. The van der Waals surface area contributed by atoms with E-state index in [-0.39, 0.29) is 5.41 Å². The second kappa shape index (κ2) is 8.10. The summed E-state index contributed by atoms with van der Waals surface area (Å²) in [5, 5.41) is 1.84. The average Bonchev–Trinajstić information content (AvgIpc) is 3.06. The average molecular weight is 497 g/mol. The lowest BCUT2D eigenvalue weighted by molar-refractivity contribution is 0.0735. The molecular weight excluding hydrogens is 472 g/mol. The molecule has 1 unspecified atom stereocenters. The topological polar surface area (TPSA) is 51.1 Å². The number of rotatable bonds is 3. The number of carbonyl (C=O) groups excluding carboxylic acids is 1. The lowest BCUT2D eigenvalue weighted by atomic mass is 9.77. The van der Waals surface area contributed by atoms with Gasteiger partial charge in [0.2, 0.25) is 5.72 Å². The lowest BCUT2D eigenvalue weighted by Crippen LogP contribution is -2.61. The molecule has 1 atom stereocenters. The number of aliphatic imine (C=N–C) groups is 1. The van der Waals surface area contributed by atoms with Crippen molar-refractivity contribution in [2.75, 3.05) is 11.9 Å². The fourth-order valence-corrected chi connectivity index (χ4v) is 5.49. The minimum atomic E-state index is -0.753. The number of anilines is 1. The second-order valence-electron chi connectivity index (χ2n) is 9.77. The molecule has 0 fully saturated rings. The number of alkyl halides is 1. The predicted molar refractivity (Wildman–Crippen MR) is 144 cm³/mol. The standard InChI is InChI=1S/C30H25ClN2O3/c1-29(2)24-6-4-5-7-25(24)33(3)30(29)18-32-27-23-16-22(14-12-20(23)13-15-26(27)36-30)35-28(34)21-10-8-19(17-31)9-11-21/h4-16,18H,17H2,1-3H3. The summed E-state index contributed by atoms with van der Waals surface area (Å²) in [7, 11) is 2.04. The van der Waals surface area contributed by atoms with Crippen LogP contribution in [0.5, 0.6) is 11.5 Å². The van der Waals surface area contributed by atoms with Crippen LogP contribution in [0.3, 0.4) is 0 Å². The van der Waals surface area contributed by atoms with Crippen LogP contribution in [-0.2, 0) is 11.3 Å². The fraction of sp³-hybridized carbons (Fsp3) is 0.200. The fourth-order valence-electron chi connectivity index (χ4n) is 5.31. The van der Waals surface area contributed by atoms with E-state index < -0.39 is 11.7 Å². The maximum atomic E-state index is 12.7. The van der Waals surface area contributed by atoms with Crippen molar-refractivity contribution >= 4 is 45.9 Å². The van der Waals surface area contributed by atoms with Gasteiger partial charge >= 0.3 is 5.97 Å². The van der Waals surface area contributed by atoms with Crippen LogP contribution in [0.15, 0.2) is 83.9 Å².